The van der Waals surface area contributed by atoms with E-state index in [1.54, 1.807) is 55.5 Å². The van der Waals surface area contributed by atoms with Gasteiger partial charge >= 0.3 is 0 Å². The molecule has 0 radical (unpaired) electrons. The van der Waals surface area contributed by atoms with Crippen LogP contribution >= 0.6 is 0 Å². The first kappa shape index (κ1) is 25.4. The van der Waals surface area contributed by atoms with Crippen molar-refractivity contribution < 1.29 is 13.2 Å². The lowest BCUT2D eigenvalue weighted by molar-refractivity contribution is 0.470. The molecule has 0 amide bonds. The van der Waals surface area contributed by atoms with Gasteiger partial charge in [-0.15, -0.1) is 6.42 Å². The van der Waals surface area contributed by atoms with Gasteiger partial charge in [-0.05, 0) is 72.9 Å². The summed E-state index contributed by atoms with van der Waals surface area (Å²) in [5.74, 6) is 0.905. The minimum absolute atomic E-state index is 0.134. The highest BCUT2D eigenvalue weighted by molar-refractivity contribution is 5.71. The summed E-state index contributed by atoms with van der Waals surface area (Å²) >= 11 is 0. The summed E-state index contributed by atoms with van der Waals surface area (Å²) in [6.45, 7) is 4.02. The first-order chi connectivity index (χ1) is 16.5. The highest BCUT2D eigenvalue weighted by atomic mass is 19.2. The third-order valence-electron chi connectivity index (χ3n) is 6.41. The molecule has 2 aromatic carbocycles. The standard InChI is InChI=1S/C31H31F3/c1-4-7-9-26(8-5-2)31(34)30(33)20-23-12-16-25(17-13-23)28-19-18-27(21-29(28)32)24-14-10-22(6-3)11-15-24/h2,4,7-8,12-14,16-19,21-22H,6,9-11,15,20H2,1,3H3/b7-4-,26-8-,31-30-. The summed E-state index contributed by atoms with van der Waals surface area (Å²) in [7, 11) is 0. The number of hydrogen-bond acceptors (Lipinski definition) is 0. The van der Waals surface area contributed by atoms with Crippen LogP contribution in [0.3, 0.4) is 0 Å². The number of terminal acetylenes is 1. The maximum Gasteiger partial charge on any atom is 0.159 e. The molecule has 1 atom stereocenters. The van der Waals surface area contributed by atoms with Crippen molar-refractivity contribution in [2.24, 2.45) is 5.92 Å². The van der Waals surface area contributed by atoms with Crippen molar-refractivity contribution in [3.63, 3.8) is 0 Å². The van der Waals surface area contributed by atoms with Gasteiger partial charge in [-0.3, -0.25) is 0 Å². The molecule has 0 saturated heterocycles. The Morgan fingerprint density at radius 3 is 2.44 bits per heavy atom. The van der Waals surface area contributed by atoms with Crippen molar-refractivity contribution in [2.75, 3.05) is 0 Å². The molecule has 0 spiro atoms. The second-order valence-corrected chi connectivity index (χ2v) is 8.67. The number of rotatable bonds is 8. The molecule has 1 aliphatic rings. The topological polar surface area (TPSA) is 0 Å². The summed E-state index contributed by atoms with van der Waals surface area (Å²) in [6, 6.07) is 12.2. The maximum absolute atomic E-state index is 14.9. The monoisotopic (exact) mass is 460 g/mol. The lowest BCUT2D eigenvalue weighted by Gasteiger charge is -2.21. The summed E-state index contributed by atoms with van der Waals surface area (Å²) < 4.78 is 44.0. The van der Waals surface area contributed by atoms with Crippen LogP contribution in [0.25, 0.3) is 16.7 Å². The minimum Gasteiger partial charge on any atom is -0.208 e. The second-order valence-electron chi connectivity index (χ2n) is 8.67. The zero-order valence-corrected chi connectivity index (χ0v) is 19.9. The third-order valence-corrected chi connectivity index (χ3v) is 6.41. The van der Waals surface area contributed by atoms with E-state index in [2.05, 4.69) is 18.9 Å². The lowest BCUT2D eigenvalue weighted by Crippen LogP contribution is -2.04. The van der Waals surface area contributed by atoms with Crippen LogP contribution in [0.1, 0.15) is 57.1 Å². The highest BCUT2D eigenvalue weighted by Gasteiger charge is 2.16. The number of allylic oxidation sites excluding steroid dienone is 8. The van der Waals surface area contributed by atoms with Crippen molar-refractivity contribution >= 4 is 5.57 Å². The molecule has 3 rings (SSSR count). The predicted octanol–water partition coefficient (Wildman–Crippen LogP) is 9.31. The van der Waals surface area contributed by atoms with E-state index < -0.39 is 11.7 Å². The van der Waals surface area contributed by atoms with Crippen LogP contribution in [-0.4, -0.2) is 0 Å². The smallest absolute Gasteiger partial charge is 0.159 e. The molecule has 0 nitrogen and oxygen atoms in total. The van der Waals surface area contributed by atoms with E-state index in [4.69, 9.17) is 6.42 Å². The van der Waals surface area contributed by atoms with Crippen LogP contribution in [0.5, 0.6) is 0 Å². The molecule has 0 saturated carbocycles. The lowest BCUT2D eigenvalue weighted by atomic mass is 9.85. The molecule has 1 aliphatic carbocycles. The summed E-state index contributed by atoms with van der Waals surface area (Å²) in [6.07, 6.45) is 16.6. The minimum atomic E-state index is -0.927. The van der Waals surface area contributed by atoms with E-state index in [-0.39, 0.29) is 24.2 Å². The van der Waals surface area contributed by atoms with Crippen LogP contribution in [0.2, 0.25) is 0 Å². The predicted molar refractivity (Wildman–Crippen MR) is 137 cm³/mol. The first-order valence-electron chi connectivity index (χ1n) is 11.9. The fourth-order valence-electron chi connectivity index (χ4n) is 4.26. The van der Waals surface area contributed by atoms with Crippen LogP contribution in [0, 0.1) is 24.1 Å². The first-order valence-corrected chi connectivity index (χ1v) is 11.9. The van der Waals surface area contributed by atoms with Gasteiger partial charge in [-0.25, -0.2) is 13.2 Å². The van der Waals surface area contributed by atoms with Gasteiger partial charge in [0.2, 0.25) is 0 Å². The van der Waals surface area contributed by atoms with Crippen LogP contribution < -0.4 is 0 Å². The van der Waals surface area contributed by atoms with Crippen LogP contribution in [0.4, 0.5) is 13.2 Å². The van der Waals surface area contributed by atoms with Gasteiger partial charge < -0.3 is 0 Å². The maximum atomic E-state index is 14.9. The Hall–Kier alpha value is -3.25. The molecule has 0 bridgehead atoms. The van der Waals surface area contributed by atoms with Crippen molar-refractivity contribution in [3.8, 4) is 23.5 Å². The number of benzene rings is 2. The molecule has 0 aliphatic heterocycles. The Bertz CT molecular complexity index is 1150. The largest absolute Gasteiger partial charge is 0.208 e. The van der Waals surface area contributed by atoms with E-state index in [0.29, 0.717) is 16.7 Å². The van der Waals surface area contributed by atoms with E-state index in [1.165, 1.54) is 18.1 Å². The Kier molecular flexibility index (Phi) is 9.16. The van der Waals surface area contributed by atoms with Gasteiger partial charge in [0.1, 0.15) is 11.6 Å². The van der Waals surface area contributed by atoms with E-state index >= 15 is 0 Å². The van der Waals surface area contributed by atoms with Crippen molar-refractivity contribution in [3.05, 3.63) is 101 Å². The Morgan fingerprint density at radius 1 is 1.12 bits per heavy atom. The molecule has 0 fully saturated rings. The van der Waals surface area contributed by atoms with Gasteiger partial charge in [0.25, 0.3) is 0 Å². The van der Waals surface area contributed by atoms with Crippen LogP contribution in [-0.2, 0) is 6.42 Å². The second kappa shape index (κ2) is 12.3. The van der Waals surface area contributed by atoms with Crippen molar-refractivity contribution in [1.82, 2.24) is 0 Å². The Balaban J connectivity index is 1.75. The summed E-state index contributed by atoms with van der Waals surface area (Å²) in [5.41, 5.74) is 4.06. The van der Waals surface area contributed by atoms with Gasteiger partial charge in [0.05, 0.1) is 0 Å². The average Bonchev–Trinajstić information content (AvgIpc) is 2.86. The average molecular weight is 461 g/mol. The number of hydrogen-bond donors (Lipinski definition) is 0. The molecule has 34 heavy (non-hydrogen) atoms. The highest BCUT2D eigenvalue weighted by Crippen LogP contribution is 2.34. The molecule has 176 valence electrons. The fraction of sp³-hybridized carbons (Fsp3) is 0.290. The molecule has 0 N–H and O–H groups in total. The third kappa shape index (κ3) is 6.41. The molecule has 0 aromatic heterocycles. The molecule has 0 heterocycles. The Labute approximate surface area is 201 Å². The molecule has 2 aromatic rings. The zero-order chi connectivity index (χ0) is 24.5. The van der Waals surface area contributed by atoms with Crippen molar-refractivity contribution in [2.45, 2.75) is 52.4 Å². The zero-order valence-electron chi connectivity index (χ0n) is 19.9. The molecular formula is C31H31F3. The quantitative estimate of drug-likeness (QED) is 0.209. The fourth-order valence-corrected chi connectivity index (χ4v) is 4.26. The summed E-state index contributed by atoms with van der Waals surface area (Å²) in [4.78, 5) is 0. The van der Waals surface area contributed by atoms with Gasteiger partial charge in [-0.1, -0.05) is 73.9 Å². The molecule has 3 heteroatoms. The van der Waals surface area contributed by atoms with E-state index in [0.717, 1.165) is 30.7 Å². The summed E-state index contributed by atoms with van der Waals surface area (Å²) in [5, 5.41) is 0. The van der Waals surface area contributed by atoms with E-state index in [1.807, 2.05) is 6.07 Å². The van der Waals surface area contributed by atoms with E-state index in [9.17, 15) is 13.2 Å². The van der Waals surface area contributed by atoms with Crippen LogP contribution in [0.15, 0.2) is 84.0 Å². The van der Waals surface area contributed by atoms with Gasteiger partial charge in [0.15, 0.2) is 5.83 Å². The number of halogens is 3. The SMILES string of the molecule is C#C/C=C(C/C=C\C)\C(F)=C(\F)Cc1ccc(-c2ccc(C3=CCC(CC)CC3)cc2F)cc1. The molecule has 1 unspecified atom stereocenters. The van der Waals surface area contributed by atoms with Gasteiger partial charge in [0, 0.05) is 17.6 Å². The normalized spacial score (nSPS) is 17.4. The van der Waals surface area contributed by atoms with Crippen molar-refractivity contribution in [1.29, 1.82) is 0 Å². The Morgan fingerprint density at radius 2 is 1.85 bits per heavy atom. The molecular weight excluding hydrogens is 429 g/mol. The van der Waals surface area contributed by atoms with Gasteiger partial charge in [-0.2, -0.15) is 0 Å².